The van der Waals surface area contributed by atoms with Crippen molar-refractivity contribution in [3.8, 4) is 0 Å². The third-order valence-corrected chi connectivity index (χ3v) is 4.62. The molecule has 0 aliphatic carbocycles. The number of hydrogen-bond donors (Lipinski definition) is 0. The fourth-order valence-electron chi connectivity index (χ4n) is 3.28. The number of likely N-dealkylation sites (tertiary alicyclic amines) is 1. The van der Waals surface area contributed by atoms with Crippen LogP contribution in [0.15, 0.2) is 60.7 Å². The molecule has 0 bridgehead atoms. The van der Waals surface area contributed by atoms with Crippen LogP contribution in [-0.4, -0.2) is 37.1 Å². The molecule has 2 aromatic rings. The van der Waals surface area contributed by atoms with Crippen molar-refractivity contribution in [3.05, 3.63) is 71.8 Å². The van der Waals surface area contributed by atoms with Crippen LogP contribution in [-0.2, 0) is 9.53 Å². The van der Waals surface area contributed by atoms with Gasteiger partial charge in [-0.3, -0.25) is 9.69 Å². The van der Waals surface area contributed by atoms with E-state index in [0.717, 1.165) is 13.1 Å². The molecule has 0 amide bonds. The van der Waals surface area contributed by atoms with Gasteiger partial charge < -0.3 is 4.74 Å². The van der Waals surface area contributed by atoms with E-state index in [1.54, 1.807) is 0 Å². The maximum Gasteiger partial charge on any atom is 0.320 e. The molecule has 2 aromatic carbocycles. The molecular formula is C21H25NO2. The average molecular weight is 323 g/mol. The van der Waals surface area contributed by atoms with E-state index in [-0.39, 0.29) is 11.9 Å². The Labute approximate surface area is 144 Å². The van der Waals surface area contributed by atoms with Crippen LogP contribution in [0.2, 0.25) is 0 Å². The third-order valence-electron chi connectivity index (χ3n) is 4.62. The van der Waals surface area contributed by atoms with E-state index in [4.69, 9.17) is 4.74 Å². The molecule has 1 aliphatic rings. The highest BCUT2D eigenvalue weighted by atomic mass is 16.5. The van der Waals surface area contributed by atoms with Gasteiger partial charge >= 0.3 is 5.97 Å². The molecule has 24 heavy (non-hydrogen) atoms. The van der Waals surface area contributed by atoms with Crippen molar-refractivity contribution < 1.29 is 9.53 Å². The van der Waals surface area contributed by atoms with Crippen LogP contribution in [0.3, 0.4) is 0 Å². The van der Waals surface area contributed by atoms with Gasteiger partial charge in [-0.25, -0.2) is 0 Å². The number of carbonyl (C=O) groups is 1. The average Bonchev–Trinajstić information content (AvgIpc) is 2.64. The monoisotopic (exact) mass is 323 g/mol. The SMILES string of the molecule is O=C(CN1CCCCC1)OCC(c1ccccc1)c1ccccc1. The lowest BCUT2D eigenvalue weighted by atomic mass is 9.92. The van der Waals surface area contributed by atoms with Gasteiger partial charge in [0, 0.05) is 5.92 Å². The molecule has 0 radical (unpaired) electrons. The fraction of sp³-hybridized carbons (Fsp3) is 0.381. The zero-order valence-electron chi connectivity index (χ0n) is 14.1. The minimum atomic E-state index is -0.117. The normalized spacial score (nSPS) is 15.4. The smallest absolute Gasteiger partial charge is 0.320 e. The number of ether oxygens (including phenoxy) is 1. The predicted octanol–water partition coefficient (Wildman–Crippen LogP) is 3.85. The van der Waals surface area contributed by atoms with Crippen LogP contribution < -0.4 is 0 Å². The first-order valence-corrected chi connectivity index (χ1v) is 8.81. The molecule has 0 aromatic heterocycles. The predicted molar refractivity (Wildman–Crippen MR) is 96.0 cm³/mol. The van der Waals surface area contributed by atoms with E-state index in [0.29, 0.717) is 13.2 Å². The molecule has 126 valence electrons. The molecule has 0 atom stereocenters. The Morgan fingerprint density at radius 1 is 0.875 bits per heavy atom. The second-order valence-electron chi connectivity index (χ2n) is 6.39. The summed E-state index contributed by atoms with van der Waals surface area (Å²) in [4.78, 5) is 14.4. The second kappa shape index (κ2) is 8.65. The summed E-state index contributed by atoms with van der Waals surface area (Å²) >= 11 is 0. The van der Waals surface area contributed by atoms with Crippen molar-refractivity contribution in [1.29, 1.82) is 0 Å². The number of rotatable bonds is 6. The Bertz CT molecular complexity index is 581. The summed E-state index contributed by atoms with van der Waals surface area (Å²) < 4.78 is 5.64. The minimum absolute atomic E-state index is 0.0812. The molecule has 0 saturated carbocycles. The summed E-state index contributed by atoms with van der Waals surface area (Å²) in [5.74, 6) is -0.0357. The van der Waals surface area contributed by atoms with Crippen LogP contribution in [0.25, 0.3) is 0 Å². The summed E-state index contributed by atoms with van der Waals surface area (Å²) in [6.45, 7) is 2.82. The van der Waals surface area contributed by atoms with Crippen LogP contribution in [0.1, 0.15) is 36.3 Å². The third kappa shape index (κ3) is 4.68. The first kappa shape index (κ1) is 16.7. The number of piperidine rings is 1. The van der Waals surface area contributed by atoms with E-state index in [9.17, 15) is 4.79 Å². The molecule has 1 heterocycles. The first-order chi connectivity index (χ1) is 11.8. The fourth-order valence-corrected chi connectivity index (χ4v) is 3.28. The van der Waals surface area contributed by atoms with Gasteiger partial charge in [0.2, 0.25) is 0 Å². The molecule has 3 heteroatoms. The Balaban J connectivity index is 1.63. The molecular weight excluding hydrogens is 298 g/mol. The Morgan fingerprint density at radius 3 is 1.96 bits per heavy atom. The number of esters is 1. The van der Waals surface area contributed by atoms with Gasteiger partial charge in [0.05, 0.1) is 6.54 Å². The molecule has 1 fully saturated rings. The van der Waals surface area contributed by atoms with Gasteiger partial charge in [-0.2, -0.15) is 0 Å². The molecule has 3 rings (SSSR count). The van der Waals surface area contributed by atoms with Gasteiger partial charge in [0.1, 0.15) is 6.61 Å². The number of hydrogen-bond acceptors (Lipinski definition) is 3. The van der Waals surface area contributed by atoms with Gasteiger partial charge in [0.25, 0.3) is 0 Å². The summed E-state index contributed by atoms with van der Waals surface area (Å²) in [5, 5.41) is 0. The van der Waals surface area contributed by atoms with E-state index in [1.807, 2.05) is 36.4 Å². The molecule has 1 saturated heterocycles. The van der Waals surface area contributed by atoms with Crippen molar-refractivity contribution in [2.75, 3.05) is 26.2 Å². The molecule has 0 N–H and O–H groups in total. The van der Waals surface area contributed by atoms with Crippen LogP contribution in [0.5, 0.6) is 0 Å². The van der Waals surface area contributed by atoms with Gasteiger partial charge in [0.15, 0.2) is 0 Å². The topological polar surface area (TPSA) is 29.5 Å². The van der Waals surface area contributed by atoms with Gasteiger partial charge in [-0.15, -0.1) is 0 Å². The van der Waals surface area contributed by atoms with Gasteiger partial charge in [-0.05, 0) is 37.1 Å². The Hall–Kier alpha value is -2.13. The highest BCUT2D eigenvalue weighted by Gasteiger charge is 2.19. The van der Waals surface area contributed by atoms with Gasteiger partial charge in [-0.1, -0.05) is 67.1 Å². The zero-order valence-corrected chi connectivity index (χ0v) is 14.1. The summed E-state index contributed by atoms with van der Waals surface area (Å²) in [5.41, 5.74) is 2.35. The minimum Gasteiger partial charge on any atom is -0.464 e. The van der Waals surface area contributed by atoms with Crippen molar-refractivity contribution >= 4 is 5.97 Å². The largest absolute Gasteiger partial charge is 0.464 e. The van der Waals surface area contributed by atoms with E-state index in [2.05, 4.69) is 29.2 Å². The van der Waals surface area contributed by atoms with Crippen molar-refractivity contribution in [2.24, 2.45) is 0 Å². The highest BCUT2D eigenvalue weighted by Crippen LogP contribution is 2.24. The summed E-state index contributed by atoms with van der Waals surface area (Å²) in [6, 6.07) is 20.5. The maximum absolute atomic E-state index is 12.2. The van der Waals surface area contributed by atoms with Crippen LogP contribution in [0, 0.1) is 0 Å². The summed E-state index contributed by atoms with van der Waals surface area (Å²) in [7, 11) is 0. The lowest BCUT2D eigenvalue weighted by molar-refractivity contribution is -0.145. The standard InChI is InChI=1S/C21H25NO2/c23-21(16-22-14-8-3-9-15-22)24-17-20(18-10-4-1-5-11-18)19-12-6-2-7-13-19/h1-2,4-7,10-13,20H,3,8-9,14-17H2. The number of nitrogens with zero attached hydrogens (tertiary/aromatic N) is 1. The lowest BCUT2D eigenvalue weighted by Crippen LogP contribution is -2.35. The number of benzene rings is 2. The maximum atomic E-state index is 12.2. The Morgan fingerprint density at radius 2 is 1.42 bits per heavy atom. The molecule has 1 aliphatic heterocycles. The van der Waals surface area contributed by atoms with E-state index < -0.39 is 0 Å². The van der Waals surface area contributed by atoms with Crippen molar-refractivity contribution in [1.82, 2.24) is 4.90 Å². The molecule has 3 nitrogen and oxygen atoms in total. The Kier molecular flexibility index (Phi) is 6.02. The summed E-state index contributed by atoms with van der Waals surface area (Å²) in [6.07, 6.45) is 3.64. The zero-order chi connectivity index (χ0) is 16.6. The van der Waals surface area contributed by atoms with Crippen molar-refractivity contribution in [3.63, 3.8) is 0 Å². The molecule has 0 spiro atoms. The second-order valence-corrected chi connectivity index (χ2v) is 6.39. The van der Waals surface area contributed by atoms with E-state index in [1.165, 1.54) is 30.4 Å². The van der Waals surface area contributed by atoms with Crippen LogP contribution >= 0.6 is 0 Å². The number of carbonyl (C=O) groups excluding carboxylic acids is 1. The van der Waals surface area contributed by atoms with E-state index >= 15 is 0 Å². The molecule has 0 unspecified atom stereocenters. The van der Waals surface area contributed by atoms with Crippen LogP contribution in [0.4, 0.5) is 0 Å². The van der Waals surface area contributed by atoms with Crippen molar-refractivity contribution in [2.45, 2.75) is 25.2 Å². The quantitative estimate of drug-likeness (QED) is 0.756. The highest BCUT2D eigenvalue weighted by molar-refractivity contribution is 5.71. The first-order valence-electron chi connectivity index (χ1n) is 8.81. The lowest BCUT2D eigenvalue weighted by Gasteiger charge is -2.25.